The van der Waals surface area contributed by atoms with E-state index in [9.17, 15) is 18.9 Å². The monoisotopic (exact) mass is 404 g/mol. The lowest BCUT2D eigenvalue weighted by atomic mass is 10.8. The van der Waals surface area contributed by atoms with E-state index in [4.69, 9.17) is 13.6 Å². The highest BCUT2D eigenvalue weighted by Gasteiger charge is 2.37. The predicted molar refractivity (Wildman–Crippen MR) is 79.7 cm³/mol. The van der Waals surface area contributed by atoms with Crippen molar-refractivity contribution >= 4 is 26.3 Å². The molecule has 0 aromatic rings. The molecular weight excluding hydrogens is 383 g/mol. The van der Waals surface area contributed by atoms with Gasteiger partial charge in [0.25, 0.3) is 0 Å². The van der Waals surface area contributed by atoms with Gasteiger partial charge in [0.05, 0.1) is 21.3 Å². The summed E-state index contributed by atoms with van der Waals surface area (Å²) in [5.41, 5.74) is 0. The lowest BCUT2D eigenvalue weighted by Gasteiger charge is -2.25. The van der Waals surface area contributed by atoms with Crippen molar-refractivity contribution in [2.24, 2.45) is 0 Å². The maximum atomic E-state index is 12.7. The molecule has 0 aliphatic carbocycles. The number of carbonyl (C=O) groups excluding carboxylic acids is 3. The number of hydrogen-bond acceptors (Lipinski definition) is 13. The van der Waals surface area contributed by atoms with Gasteiger partial charge in [-0.1, -0.05) is 0 Å². The fourth-order valence-electron chi connectivity index (χ4n) is 1.24. The van der Waals surface area contributed by atoms with Crippen LogP contribution in [0, 0.1) is 0 Å². The van der Waals surface area contributed by atoms with Gasteiger partial charge in [-0.3, -0.25) is 0 Å². The minimum atomic E-state index is -4.59. The van der Waals surface area contributed by atoms with E-state index in [-0.39, 0.29) is 0 Å². The Balaban J connectivity index is 5.10. The van der Waals surface area contributed by atoms with Gasteiger partial charge in [-0.25, -0.2) is 32.5 Å². The maximum absolute atomic E-state index is 12.7. The van der Waals surface area contributed by atoms with Crippen LogP contribution in [0.2, 0.25) is 0 Å². The zero-order valence-electron chi connectivity index (χ0n) is 15.0. The minimum Gasteiger partial charge on any atom is -0.438 e. The van der Waals surface area contributed by atoms with Crippen LogP contribution in [0.1, 0.15) is 20.8 Å². The lowest BCUT2D eigenvalue weighted by Crippen LogP contribution is -2.25. The van der Waals surface area contributed by atoms with Gasteiger partial charge in [-0.05, 0) is 20.8 Å². The highest BCUT2D eigenvalue weighted by Crippen LogP contribution is 2.53. The van der Waals surface area contributed by atoms with E-state index >= 15 is 0 Å². The average molecular weight is 404 g/mol. The summed E-state index contributed by atoms with van der Waals surface area (Å²) in [7, 11) is -1.46. The van der Waals surface area contributed by atoms with Crippen LogP contribution in [0.4, 0.5) is 14.4 Å². The molecule has 0 saturated heterocycles. The van der Waals surface area contributed by atoms with Crippen molar-refractivity contribution in [2.75, 3.05) is 21.3 Å². The van der Waals surface area contributed by atoms with Gasteiger partial charge < -0.3 is 28.4 Å². The summed E-state index contributed by atoms with van der Waals surface area (Å²) >= 11 is 0. The predicted octanol–water partition coefficient (Wildman–Crippen LogP) is 2.53. The maximum Gasteiger partial charge on any atom is 0.510 e. The first kappa shape index (κ1) is 23.9. The highest BCUT2D eigenvalue weighted by atomic mass is 31.2. The fraction of sp³-hybridized carbons (Fsp3) is 0.750. The first-order valence-corrected chi connectivity index (χ1v) is 8.40. The van der Waals surface area contributed by atoms with Gasteiger partial charge in [0.1, 0.15) is 0 Å². The molecule has 0 aromatic carbocycles. The van der Waals surface area contributed by atoms with Gasteiger partial charge in [0.2, 0.25) is 18.9 Å². The number of ether oxygens (including phenoxy) is 6. The van der Waals surface area contributed by atoms with Crippen molar-refractivity contribution < 1.29 is 60.9 Å². The molecular formula is C12H21O13P. The Kier molecular flexibility index (Phi) is 10.6. The zero-order valence-corrected chi connectivity index (χ0v) is 15.9. The Morgan fingerprint density at radius 2 is 0.846 bits per heavy atom. The number of methoxy groups -OCH3 is 3. The van der Waals surface area contributed by atoms with E-state index in [1.54, 1.807) is 0 Å². The van der Waals surface area contributed by atoms with Crippen molar-refractivity contribution in [3.63, 3.8) is 0 Å². The average Bonchev–Trinajstić information content (AvgIpc) is 2.52. The van der Waals surface area contributed by atoms with Crippen LogP contribution in [0.25, 0.3) is 0 Å². The third-order valence-corrected chi connectivity index (χ3v) is 3.78. The topological polar surface area (TPSA) is 151 Å². The summed E-state index contributed by atoms with van der Waals surface area (Å²) in [4.78, 5) is 33.2. The summed E-state index contributed by atoms with van der Waals surface area (Å²) in [5.74, 6) is 0. The van der Waals surface area contributed by atoms with Crippen LogP contribution >= 0.6 is 7.82 Å². The molecule has 26 heavy (non-hydrogen) atoms. The SMILES string of the molecule is COC(=O)OC(C)OP(=O)(OC(C)OC(=O)OC)OC(C)OC(=O)OC. The van der Waals surface area contributed by atoms with Crippen LogP contribution in [-0.4, -0.2) is 58.7 Å². The third-order valence-electron chi connectivity index (χ3n) is 2.12. The number of rotatable bonds is 9. The summed E-state index contributed by atoms with van der Waals surface area (Å²) in [6.07, 6.45) is -7.82. The molecule has 0 radical (unpaired) electrons. The van der Waals surface area contributed by atoms with Crippen molar-refractivity contribution in [2.45, 2.75) is 39.6 Å². The highest BCUT2D eigenvalue weighted by molar-refractivity contribution is 7.48. The van der Waals surface area contributed by atoms with E-state index in [1.165, 1.54) is 20.8 Å². The second kappa shape index (κ2) is 11.5. The summed E-state index contributed by atoms with van der Waals surface area (Å²) in [6.45, 7) is 3.52. The summed E-state index contributed by atoms with van der Waals surface area (Å²) < 4.78 is 53.9. The molecule has 0 aromatic heterocycles. The van der Waals surface area contributed by atoms with E-state index in [2.05, 4.69) is 28.4 Å². The molecule has 0 bridgehead atoms. The Labute approximate surface area is 149 Å². The largest absolute Gasteiger partial charge is 0.510 e. The van der Waals surface area contributed by atoms with Crippen molar-refractivity contribution in [3.8, 4) is 0 Å². The van der Waals surface area contributed by atoms with Crippen molar-refractivity contribution in [3.05, 3.63) is 0 Å². The van der Waals surface area contributed by atoms with E-state index in [1.807, 2.05) is 0 Å². The van der Waals surface area contributed by atoms with Crippen LogP contribution in [0.15, 0.2) is 0 Å². The molecule has 0 spiro atoms. The molecule has 0 aliphatic rings. The molecule has 152 valence electrons. The van der Waals surface area contributed by atoms with Crippen molar-refractivity contribution in [1.82, 2.24) is 0 Å². The second-order valence-corrected chi connectivity index (χ2v) is 5.71. The lowest BCUT2D eigenvalue weighted by molar-refractivity contribution is -0.123. The van der Waals surface area contributed by atoms with E-state index in [0.29, 0.717) is 0 Å². The quantitative estimate of drug-likeness (QED) is 0.240. The number of carbonyl (C=O) groups is 3. The van der Waals surface area contributed by atoms with Gasteiger partial charge in [0.15, 0.2) is 0 Å². The number of phosphoric acid groups is 1. The van der Waals surface area contributed by atoms with Crippen molar-refractivity contribution in [1.29, 1.82) is 0 Å². The number of hydrogen-bond donors (Lipinski definition) is 0. The molecule has 0 N–H and O–H groups in total. The molecule has 0 fully saturated rings. The minimum absolute atomic E-state index is 1.04. The second-order valence-electron chi connectivity index (χ2n) is 4.18. The Morgan fingerprint density at radius 3 is 1.04 bits per heavy atom. The number of phosphoric ester groups is 1. The smallest absolute Gasteiger partial charge is 0.438 e. The molecule has 13 nitrogen and oxygen atoms in total. The third kappa shape index (κ3) is 10.0. The molecule has 0 aliphatic heterocycles. The van der Waals surface area contributed by atoms with Crippen LogP contribution in [0.3, 0.4) is 0 Å². The van der Waals surface area contributed by atoms with Gasteiger partial charge in [-0.2, -0.15) is 0 Å². The fourth-order valence-corrected chi connectivity index (χ4v) is 2.60. The first-order chi connectivity index (χ1) is 12.0. The zero-order chi connectivity index (χ0) is 20.3. The summed E-state index contributed by atoms with van der Waals surface area (Å²) in [6, 6.07) is 0. The molecule has 0 amide bonds. The standard InChI is InChI=1S/C12H21O13P/c1-7(20-10(13)17-4)23-26(16,24-8(2)21-11(14)18-5)25-9(3)22-12(15)19-6/h7-9H,1-6H3. The Hall–Kier alpha value is -2.08. The van der Waals surface area contributed by atoms with Crippen LogP contribution in [-0.2, 0) is 46.6 Å². The van der Waals surface area contributed by atoms with Gasteiger partial charge in [0, 0.05) is 0 Å². The van der Waals surface area contributed by atoms with Gasteiger partial charge in [-0.15, -0.1) is 0 Å². The van der Waals surface area contributed by atoms with Crippen LogP contribution < -0.4 is 0 Å². The summed E-state index contributed by atoms with van der Waals surface area (Å²) in [5, 5.41) is 0. The molecule has 14 heteroatoms. The molecule has 3 unspecified atom stereocenters. The Morgan fingerprint density at radius 1 is 0.615 bits per heavy atom. The van der Waals surface area contributed by atoms with E-state index < -0.39 is 45.2 Å². The molecule has 0 rings (SSSR count). The molecule has 3 atom stereocenters. The van der Waals surface area contributed by atoms with Crippen LogP contribution in [0.5, 0.6) is 0 Å². The van der Waals surface area contributed by atoms with E-state index in [0.717, 1.165) is 21.3 Å². The van der Waals surface area contributed by atoms with Gasteiger partial charge >= 0.3 is 26.3 Å². The molecule has 0 saturated carbocycles. The molecule has 0 heterocycles. The Bertz CT molecular complexity index is 450. The normalized spacial score (nSPS) is 16.2. The first-order valence-electron chi connectivity index (χ1n) is 6.94.